The largest absolute Gasteiger partial charge is 0.439 e. The summed E-state index contributed by atoms with van der Waals surface area (Å²) >= 11 is 0. The van der Waals surface area contributed by atoms with Crippen LogP contribution in [-0.4, -0.2) is 4.98 Å². The van der Waals surface area contributed by atoms with Crippen molar-refractivity contribution in [3.05, 3.63) is 52.7 Å². The number of nitrogens with zero attached hydrogens (tertiary/aromatic N) is 1. The number of hydrogen-bond acceptors (Lipinski definition) is 3. The summed E-state index contributed by atoms with van der Waals surface area (Å²) in [7, 11) is 0. The molecule has 1 heterocycles. The van der Waals surface area contributed by atoms with E-state index in [0.29, 0.717) is 12.4 Å². The molecule has 19 heavy (non-hydrogen) atoms. The topological polar surface area (TPSA) is 48.1 Å². The first-order valence-corrected chi connectivity index (χ1v) is 6.57. The maximum Gasteiger partial charge on any atom is 0.219 e. The van der Waals surface area contributed by atoms with Crippen molar-refractivity contribution in [3.8, 4) is 11.6 Å². The van der Waals surface area contributed by atoms with Crippen molar-refractivity contribution in [2.45, 2.75) is 33.7 Å². The molecule has 2 rings (SSSR count). The van der Waals surface area contributed by atoms with E-state index in [1.165, 1.54) is 11.1 Å². The third kappa shape index (κ3) is 3.32. The molecule has 0 radical (unpaired) electrons. The van der Waals surface area contributed by atoms with Crippen LogP contribution in [0.1, 0.15) is 29.3 Å². The molecule has 2 aromatic rings. The van der Waals surface area contributed by atoms with Crippen molar-refractivity contribution >= 4 is 0 Å². The molecule has 0 fully saturated rings. The standard InChI is InChI=1S/C16H20N2O/c1-4-14-8-13(10-17)9-16(18-14)19-15-6-5-11(2)12(3)7-15/h5-9H,4,10,17H2,1-3H3. The van der Waals surface area contributed by atoms with Gasteiger partial charge in [-0.25, -0.2) is 4.98 Å². The van der Waals surface area contributed by atoms with Gasteiger partial charge in [-0.1, -0.05) is 13.0 Å². The van der Waals surface area contributed by atoms with E-state index in [4.69, 9.17) is 10.5 Å². The van der Waals surface area contributed by atoms with Crippen molar-refractivity contribution in [1.29, 1.82) is 0 Å². The van der Waals surface area contributed by atoms with Crippen molar-refractivity contribution in [2.24, 2.45) is 5.73 Å². The molecule has 0 aliphatic rings. The zero-order chi connectivity index (χ0) is 13.8. The van der Waals surface area contributed by atoms with Crippen molar-refractivity contribution in [3.63, 3.8) is 0 Å². The number of pyridine rings is 1. The number of rotatable bonds is 4. The molecule has 3 nitrogen and oxygen atoms in total. The molecule has 0 aliphatic carbocycles. The van der Waals surface area contributed by atoms with E-state index in [-0.39, 0.29) is 0 Å². The highest BCUT2D eigenvalue weighted by molar-refractivity contribution is 5.36. The Morgan fingerprint density at radius 2 is 1.89 bits per heavy atom. The second kappa shape index (κ2) is 5.85. The van der Waals surface area contributed by atoms with E-state index in [1.54, 1.807) is 0 Å². The highest BCUT2D eigenvalue weighted by Crippen LogP contribution is 2.23. The van der Waals surface area contributed by atoms with Gasteiger partial charge in [0.25, 0.3) is 0 Å². The predicted octanol–water partition coefficient (Wildman–Crippen LogP) is 3.51. The van der Waals surface area contributed by atoms with Crippen molar-refractivity contribution in [1.82, 2.24) is 4.98 Å². The molecule has 2 N–H and O–H groups in total. The fourth-order valence-corrected chi connectivity index (χ4v) is 1.87. The third-order valence-corrected chi connectivity index (χ3v) is 3.21. The molecule has 0 spiro atoms. The summed E-state index contributed by atoms with van der Waals surface area (Å²) in [6.45, 7) is 6.73. The fraction of sp³-hybridized carbons (Fsp3) is 0.312. The summed E-state index contributed by atoms with van der Waals surface area (Å²) in [5, 5.41) is 0. The lowest BCUT2D eigenvalue weighted by molar-refractivity contribution is 0.459. The van der Waals surface area contributed by atoms with Crippen LogP contribution >= 0.6 is 0 Å². The van der Waals surface area contributed by atoms with Gasteiger partial charge in [-0.3, -0.25) is 0 Å². The minimum atomic E-state index is 0.499. The van der Waals surface area contributed by atoms with Gasteiger partial charge in [-0.05, 0) is 55.2 Å². The van der Waals surface area contributed by atoms with Crippen LogP contribution in [-0.2, 0) is 13.0 Å². The summed E-state index contributed by atoms with van der Waals surface area (Å²) in [6, 6.07) is 9.96. The van der Waals surface area contributed by atoms with Crippen molar-refractivity contribution < 1.29 is 4.74 Å². The number of hydrogen-bond donors (Lipinski definition) is 1. The molecule has 1 aromatic carbocycles. The third-order valence-electron chi connectivity index (χ3n) is 3.21. The second-order valence-corrected chi connectivity index (χ2v) is 4.71. The summed E-state index contributed by atoms with van der Waals surface area (Å²) in [5.74, 6) is 1.43. The molecule has 0 amide bonds. The lowest BCUT2D eigenvalue weighted by atomic mass is 10.1. The Morgan fingerprint density at radius 1 is 1.11 bits per heavy atom. The maximum absolute atomic E-state index is 5.83. The second-order valence-electron chi connectivity index (χ2n) is 4.71. The molecule has 3 heteroatoms. The smallest absolute Gasteiger partial charge is 0.219 e. The Balaban J connectivity index is 2.29. The maximum atomic E-state index is 5.83. The Hall–Kier alpha value is -1.87. The fourth-order valence-electron chi connectivity index (χ4n) is 1.87. The molecule has 1 aromatic heterocycles. The Morgan fingerprint density at radius 3 is 2.53 bits per heavy atom. The van der Waals surface area contributed by atoms with E-state index < -0.39 is 0 Å². The summed E-state index contributed by atoms with van der Waals surface area (Å²) in [5.41, 5.74) is 10.2. The van der Waals surface area contributed by atoms with Crippen LogP contribution in [0.5, 0.6) is 11.6 Å². The molecule has 0 aliphatic heterocycles. The van der Waals surface area contributed by atoms with E-state index in [9.17, 15) is 0 Å². The van der Waals surface area contributed by atoms with Gasteiger partial charge in [-0.15, -0.1) is 0 Å². The Bertz CT molecular complexity index is 557. The van der Waals surface area contributed by atoms with E-state index in [0.717, 1.165) is 23.4 Å². The van der Waals surface area contributed by atoms with Gasteiger partial charge >= 0.3 is 0 Å². The van der Waals surface area contributed by atoms with E-state index >= 15 is 0 Å². The predicted molar refractivity (Wildman–Crippen MR) is 77.5 cm³/mol. The highest BCUT2D eigenvalue weighted by atomic mass is 16.5. The van der Waals surface area contributed by atoms with Crippen LogP contribution in [0.2, 0.25) is 0 Å². The first kappa shape index (κ1) is 13.6. The van der Waals surface area contributed by atoms with Crippen LogP contribution in [0.15, 0.2) is 30.3 Å². The monoisotopic (exact) mass is 256 g/mol. The van der Waals surface area contributed by atoms with Crippen LogP contribution in [0.3, 0.4) is 0 Å². The molecule has 100 valence electrons. The summed E-state index contributed by atoms with van der Waals surface area (Å²) in [4.78, 5) is 4.47. The average Bonchev–Trinajstić information content (AvgIpc) is 2.42. The SMILES string of the molecule is CCc1cc(CN)cc(Oc2ccc(C)c(C)c2)n1. The number of nitrogens with two attached hydrogens (primary N) is 1. The molecule has 0 saturated heterocycles. The average molecular weight is 256 g/mol. The molecule has 0 atom stereocenters. The number of ether oxygens (including phenoxy) is 1. The Kier molecular flexibility index (Phi) is 4.17. The molecular formula is C16H20N2O. The first-order valence-electron chi connectivity index (χ1n) is 6.57. The van der Waals surface area contributed by atoms with Crippen molar-refractivity contribution in [2.75, 3.05) is 0 Å². The molecule has 0 bridgehead atoms. The first-order chi connectivity index (χ1) is 9.12. The normalized spacial score (nSPS) is 10.5. The number of aromatic nitrogens is 1. The molecule has 0 saturated carbocycles. The minimum absolute atomic E-state index is 0.499. The summed E-state index contributed by atoms with van der Waals surface area (Å²) in [6.07, 6.45) is 0.872. The van der Waals surface area contributed by atoms with Crippen LogP contribution in [0, 0.1) is 13.8 Å². The highest BCUT2D eigenvalue weighted by Gasteiger charge is 2.04. The van der Waals surface area contributed by atoms with Gasteiger partial charge in [0.15, 0.2) is 0 Å². The van der Waals surface area contributed by atoms with Gasteiger partial charge in [0, 0.05) is 18.3 Å². The van der Waals surface area contributed by atoms with Gasteiger partial charge < -0.3 is 10.5 Å². The molecule has 0 unspecified atom stereocenters. The summed E-state index contributed by atoms with van der Waals surface area (Å²) < 4.78 is 5.83. The quantitative estimate of drug-likeness (QED) is 0.910. The van der Waals surface area contributed by atoms with E-state index in [2.05, 4.69) is 31.8 Å². The number of benzene rings is 1. The van der Waals surface area contributed by atoms with Gasteiger partial charge in [0.05, 0.1) is 0 Å². The Labute approximate surface area is 114 Å². The lowest BCUT2D eigenvalue weighted by Crippen LogP contribution is -2.01. The van der Waals surface area contributed by atoms with Gasteiger partial charge in [0.1, 0.15) is 5.75 Å². The lowest BCUT2D eigenvalue weighted by Gasteiger charge is -2.10. The zero-order valence-corrected chi connectivity index (χ0v) is 11.7. The van der Waals surface area contributed by atoms with E-state index in [1.807, 2.05) is 24.3 Å². The zero-order valence-electron chi connectivity index (χ0n) is 11.7. The van der Waals surface area contributed by atoms with Crippen LogP contribution in [0.25, 0.3) is 0 Å². The van der Waals surface area contributed by atoms with Gasteiger partial charge in [0.2, 0.25) is 5.88 Å². The molecular weight excluding hydrogens is 236 g/mol. The minimum Gasteiger partial charge on any atom is -0.439 e. The van der Waals surface area contributed by atoms with Crippen LogP contribution < -0.4 is 10.5 Å². The van der Waals surface area contributed by atoms with Gasteiger partial charge in [-0.2, -0.15) is 0 Å². The van der Waals surface area contributed by atoms with Crippen LogP contribution in [0.4, 0.5) is 0 Å². The number of aryl methyl sites for hydroxylation is 3.